The van der Waals surface area contributed by atoms with E-state index < -0.39 is 0 Å². The van der Waals surface area contributed by atoms with Gasteiger partial charge in [-0.2, -0.15) is 0 Å². The summed E-state index contributed by atoms with van der Waals surface area (Å²) in [5.74, 6) is -0.277. The normalized spacial score (nSPS) is 18.2. The van der Waals surface area contributed by atoms with Crippen LogP contribution in [0.15, 0.2) is 12.2 Å². The van der Waals surface area contributed by atoms with Crippen molar-refractivity contribution < 1.29 is 14.3 Å². The minimum Gasteiger partial charge on any atom is -0.466 e. The molecule has 0 radical (unpaired) electrons. The van der Waals surface area contributed by atoms with Crippen LogP contribution in [-0.2, 0) is 14.3 Å². The van der Waals surface area contributed by atoms with E-state index in [1.807, 2.05) is 6.08 Å². The van der Waals surface area contributed by atoms with E-state index in [4.69, 9.17) is 4.74 Å². The van der Waals surface area contributed by atoms with Crippen LogP contribution in [0.1, 0.15) is 12.8 Å². The third kappa shape index (κ3) is 5.54. The molecule has 4 nitrogen and oxygen atoms in total. The van der Waals surface area contributed by atoms with Gasteiger partial charge >= 0.3 is 5.97 Å². The zero-order valence-electron chi connectivity index (χ0n) is 9.28. The maximum atomic E-state index is 10.7. The molecule has 1 saturated heterocycles. The van der Waals surface area contributed by atoms with Crippen molar-refractivity contribution in [3.63, 3.8) is 0 Å². The number of hydrogen-bond acceptors (Lipinski definition) is 4. The maximum Gasteiger partial charge on any atom is 0.330 e. The number of hydrogen-bond donors (Lipinski definition) is 0. The molecule has 4 heteroatoms. The van der Waals surface area contributed by atoms with Crippen molar-refractivity contribution in [1.29, 1.82) is 0 Å². The summed E-state index contributed by atoms with van der Waals surface area (Å²) in [5, 5.41) is 0. The number of esters is 1. The predicted molar refractivity (Wildman–Crippen MR) is 57.6 cm³/mol. The average molecular weight is 213 g/mol. The van der Waals surface area contributed by atoms with Gasteiger partial charge in [-0.3, -0.25) is 4.90 Å². The highest BCUT2D eigenvalue weighted by atomic mass is 16.5. The van der Waals surface area contributed by atoms with E-state index in [-0.39, 0.29) is 5.97 Å². The molecule has 0 aromatic carbocycles. The topological polar surface area (TPSA) is 38.8 Å². The molecule has 0 N–H and O–H groups in total. The monoisotopic (exact) mass is 213 g/mol. The van der Waals surface area contributed by atoms with E-state index in [9.17, 15) is 4.79 Å². The van der Waals surface area contributed by atoms with E-state index in [0.29, 0.717) is 0 Å². The maximum absolute atomic E-state index is 10.7. The fraction of sp³-hybridized carbons (Fsp3) is 0.727. The molecule has 1 aliphatic heterocycles. The number of nitrogens with zero attached hydrogens (tertiary/aromatic N) is 1. The first kappa shape index (κ1) is 12.2. The first-order valence-corrected chi connectivity index (χ1v) is 5.37. The van der Waals surface area contributed by atoms with Gasteiger partial charge in [-0.1, -0.05) is 6.08 Å². The Kier molecular flexibility index (Phi) is 6.04. The van der Waals surface area contributed by atoms with Crippen molar-refractivity contribution in [1.82, 2.24) is 4.90 Å². The zero-order valence-corrected chi connectivity index (χ0v) is 9.28. The first-order chi connectivity index (χ1) is 7.33. The molecule has 1 rings (SSSR count). The first-order valence-electron chi connectivity index (χ1n) is 5.37. The number of carbonyl (C=O) groups is 1. The molecule has 0 aromatic rings. The quantitative estimate of drug-likeness (QED) is 0.385. The van der Waals surface area contributed by atoms with E-state index in [2.05, 4.69) is 9.64 Å². The molecule has 0 aliphatic carbocycles. The number of carbonyl (C=O) groups excluding carboxylic acids is 1. The summed E-state index contributed by atoms with van der Waals surface area (Å²) >= 11 is 0. The zero-order chi connectivity index (χ0) is 10.9. The standard InChI is InChI=1S/C11H19NO3/c1-14-11(13)5-3-2-4-6-12-7-9-15-10-8-12/h3,5H,2,4,6-10H2,1H3/b5-3+. The third-order valence-corrected chi connectivity index (χ3v) is 2.40. The Morgan fingerprint density at radius 2 is 2.20 bits per heavy atom. The van der Waals surface area contributed by atoms with Crippen molar-refractivity contribution >= 4 is 5.97 Å². The fourth-order valence-electron chi connectivity index (χ4n) is 1.51. The minimum absolute atomic E-state index is 0.277. The van der Waals surface area contributed by atoms with Gasteiger partial charge in [-0.05, 0) is 19.4 Å². The molecule has 0 spiro atoms. The van der Waals surface area contributed by atoms with Gasteiger partial charge in [0, 0.05) is 19.2 Å². The average Bonchev–Trinajstić information content (AvgIpc) is 2.29. The fourth-order valence-corrected chi connectivity index (χ4v) is 1.51. The number of rotatable bonds is 5. The lowest BCUT2D eigenvalue weighted by Gasteiger charge is -2.26. The van der Waals surface area contributed by atoms with Gasteiger partial charge in [0.25, 0.3) is 0 Å². The SMILES string of the molecule is COC(=O)/C=C/CCCN1CCOCC1. The predicted octanol–water partition coefficient (Wildman–Crippen LogP) is 0.828. The Balaban J connectivity index is 2.00. The van der Waals surface area contributed by atoms with Crippen LogP contribution in [0.5, 0.6) is 0 Å². The molecule has 0 atom stereocenters. The molecule has 0 saturated carbocycles. The van der Waals surface area contributed by atoms with Crippen LogP contribution in [0.25, 0.3) is 0 Å². The van der Waals surface area contributed by atoms with Gasteiger partial charge in [0.05, 0.1) is 20.3 Å². The molecule has 0 unspecified atom stereocenters. The highest BCUT2D eigenvalue weighted by molar-refractivity contribution is 5.81. The van der Waals surface area contributed by atoms with E-state index in [1.165, 1.54) is 13.2 Å². The molecule has 1 aliphatic rings. The Morgan fingerprint density at radius 1 is 1.47 bits per heavy atom. The van der Waals surface area contributed by atoms with Crippen LogP contribution >= 0.6 is 0 Å². The largest absolute Gasteiger partial charge is 0.466 e. The lowest BCUT2D eigenvalue weighted by Crippen LogP contribution is -2.36. The molecule has 0 aromatic heterocycles. The molecule has 0 amide bonds. The number of morpholine rings is 1. The summed E-state index contributed by atoms with van der Waals surface area (Å²) < 4.78 is 9.75. The van der Waals surface area contributed by atoms with Crippen LogP contribution in [0.3, 0.4) is 0 Å². The Morgan fingerprint density at radius 3 is 2.87 bits per heavy atom. The summed E-state index contributed by atoms with van der Waals surface area (Å²) in [7, 11) is 1.39. The molecular formula is C11H19NO3. The summed E-state index contributed by atoms with van der Waals surface area (Å²) in [6, 6.07) is 0. The van der Waals surface area contributed by atoms with Crippen molar-refractivity contribution in [2.75, 3.05) is 40.0 Å². The number of ether oxygens (including phenoxy) is 2. The van der Waals surface area contributed by atoms with Crippen LogP contribution < -0.4 is 0 Å². The Labute approximate surface area is 90.8 Å². The third-order valence-electron chi connectivity index (χ3n) is 2.40. The van der Waals surface area contributed by atoms with Gasteiger partial charge in [0.2, 0.25) is 0 Å². The molecule has 0 bridgehead atoms. The van der Waals surface area contributed by atoms with Gasteiger partial charge < -0.3 is 9.47 Å². The molecule has 1 heterocycles. The van der Waals surface area contributed by atoms with Crippen molar-refractivity contribution in [3.05, 3.63) is 12.2 Å². The molecule has 86 valence electrons. The summed E-state index contributed by atoms with van der Waals surface area (Å²) in [6.07, 6.45) is 5.35. The van der Waals surface area contributed by atoms with Crippen LogP contribution in [0.2, 0.25) is 0 Å². The van der Waals surface area contributed by atoms with Crippen LogP contribution in [-0.4, -0.2) is 50.8 Å². The summed E-state index contributed by atoms with van der Waals surface area (Å²) in [6.45, 7) is 4.83. The number of methoxy groups -OCH3 is 1. The lowest BCUT2D eigenvalue weighted by molar-refractivity contribution is -0.134. The second-order valence-corrected chi connectivity index (χ2v) is 3.52. The number of allylic oxidation sites excluding steroid dienone is 1. The molecular weight excluding hydrogens is 194 g/mol. The van der Waals surface area contributed by atoms with E-state index in [0.717, 1.165) is 45.7 Å². The summed E-state index contributed by atoms with van der Waals surface area (Å²) in [4.78, 5) is 13.1. The molecule has 1 fully saturated rings. The molecule has 15 heavy (non-hydrogen) atoms. The van der Waals surface area contributed by atoms with Gasteiger partial charge in [-0.15, -0.1) is 0 Å². The van der Waals surface area contributed by atoms with Crippen molar-refractivity contribution in [2.24, 2.45) is 0 Å². The highest BCUT2D eigenvalue weighted by Crippen LogP contribution is 2.00. The Bertz CT molecular complexity index is 210. The summed E-state index contributed by atoms with van der Waals surface area (Å²) in [5.41, 5.74) is 0. The lowest BCUT2D eigenvalue weighted by atomic mass is 10.2. The van der Waals surface area contributed by atoms with Crippen molar-refractivity contribution in [2.45, 2.75) is 12.8 Å². The second-order valence-electron chi connectivity index (χ2n) is 3.52. The van der Waals surface area contributed by atoms with Crippen LogP contribution in [0, 0.1) is 0 Å². The van der Waals surface area contributed by atoms with E-state index >= 15 is 0 Å². The Hall–Kier alpha value is -0.870. The van der Waals surface area contributed by atoms with Gasteiger partial charge in [0.15, 0.2) is 0 Å². The van der Waals surface area contributed by atoms with E-state index in [1.54, 1.807) is 0 Å². The van der Waals surface area contributed by atoms with Gasteiger partial charge in [0.1, 0.15) is 0 Å². The second kappa shape index (κ2) is 7.43. The van der Waals surface area contributed by atoms with Gasteiger partial charge in [-0.25, -0.2) is 4.79 Å². The van der Waals surface area contributed by atoms with Crippen LogP contribution in [0.4, 0.5) is 0 Å². The smallest absolute Gasteiger partial charge is 0.330 e. The highest BCUT2D eigenvalue weighted by Gasteiger charge is 2.08. The minimum atomic E-state index is -0.277. The number of unbranched alkanes of at least 4 members (excludes halogenated alkanes) is 1. The van der Waals surface area contributed by atoms with Crippen molar-refractivity contribution in [3.8, 4) is 0 Å².